The molecule has 1 unspecified atom stereocenters. The van der Waals surface area contributed by atoms with Gasteiger partial charge in [0.15, 0.2) is 20.0 Å². The molecule has 0 heterocycles. The SMILES string of the molecule is C=CC(=O)OCC(O)C[N+](C)(C)C.O=S(=O)([N-]S(=O)(=O)C(F)(F)C(F)(F)F)C(F)(F)C(F)(F)F. The van der Waals surface area contributed by atoms with Crippen molar-refractivity contribution in [3.63, 3.8) is 0 Å². The summed E-state index contributed by atoms with van der Waals surface area (Å²) >= 11 is 0. The Bertz CT molecular complexity index is 869. The van der Waals surface area contributed by atoms with Crippen LogP contribution in [0.2, 0.25) is 0 Å². The number of hydrogen-bond donors (Lipinski definition) is 1. The van der Waals surface area contributed by atoms with Crippen molar-refractivity contribution in [1.29, 1.82) is 0 Å². The molecule has 0 bridgehead atoms. The highest BCUT2D eigenvalue weighted by atomic mass is 32.3. The maximum atomic E-state index is 12.3. The summed E-state index contributed by atoms with van der Waals surface area (Å²) in [4.78, 5) is 10.6. The number of alkyl halides is 10. The molecule has 0 aliphatic rings. The Hall–Kier alpha value is -1.71. The van der Waals surface area contributed by atoms with Gasteiger partial charge in [0.05, 0.1) is 21.1 Å². The average molecular weight is 568 g/mol. The van der Waals surface area contributed by atoms with Crippen molar-refractivity contribution >= 4 is 26.0 Å². The van der Waals surface area contributed by atoms with Crippen LogP contribution in [-0.4, -0.2) is 95.7 Å². The topological polar surface area (TPSA) is 129 Å². The molecule has 204 valence electrons. The number of rotatable bonds is 9. The number of sulfonamides is 2. The summed E-state index contributed by atoms with van der Waals surface area (Å²) in [6, 6.07) is 0. The number of aliphatic hydroxyl groups is 1. The van der Waals surface area contributed by atoms with Gasteiger partial charge >= 0.3 is 28.8 Å². The van der Waals surface area contributed by atoms with Crippen molar-refractivity contribution in [3.05, 3.63) is 16.8 Å². The van der Waals surface area contributed by atoms with Crippen LogP contribution in [0.15, 0.2) is 12.7 Å². The highest BCUT2D eigenvalue weighted by molar-refractivity contribution is 8.13. The van der Waals surface area contributed by atoms with E-state index >= 15 is 0 Å². The molecule has 0 aromatic rings. The van der Waals surface area contributed by atoms with Crippen LogP contribution in [0.4, 0.5) is 43.9 Å². The molecule has 34 heavy (non-hydrogen) atoms. The number of halogens is 10. The molecule has 1 N–H and O–H groups in total. The fraction of sp³-hybridized carbons (Fsp3) is 0.769. The first-order valence-electron chi connectivity index (χ1n) is 7.96. The third-order valence-corrected chi connectivity index (χ3v) is 6.18. The van der Waals surface area contributed by atoms with Crippen LogP contribution in [0, 0.1) is 0 Å². The Morgan fingerprint density at radius 1 is 0.912 bits per heavy atom. The van der Waals surface area contributed by atoms with Gasteiger partial charge in [-0.15, -0.1) is 0 Å². The maximum Gasteiger partial charge on any atom is 0.467 e. The van der Waals surface area contributed by atoms with Crippen molar-refractivity contribution < 1.29 is 79.9 Å². The molecule has 21 heteroatoms. The molecule has 0 fully saturated rings. The molecular weight excluding hydrogens is 550 g/mol. The quantitative estimate of drug-likeness (QED) is 0.195. The Morgan fingerprint density at radius 2 is 1.24 bits per heavy atom. The van der Waals surface area contributed by atoms with E-state index in [1.54, 1.807) is 0 Å². The van der Waals surface area contributed by atoms with Crippen LogP contribution in [-0.2, 0) is 29.6 Å². The number of quaternary nitrogens is 1. The van der Waals surface area contributed by atoms with E-state index in [2.05, 4.69) is 11.3 Å². The molecule has 0 aliphatic carbocycles. The molecule has 1 atom stereocenters. The van der Waals surface area contributed by atoms with E-state index in [0.29, 0.717) is 15.2 Å². The van der Waals surface area contributed by atoms with E-state index in [9.17, 15) is 70.6 Å². The second-order valence-electron chi connectivity index (χ2n) is 7.01. The normalized spacial score (nSPS) is 15.1. The summed E-state index contributed by atoms with van der Waals surface area (Å²) in [5, 5.41) is -4.58. The Balaban J connectivity index is 0. The lowest BCUT2D eigenvalue weighted by molar-refractivity contribution is -0.873. The summed E-state index contributed by atoms with van der Waals surface area (Å²) < 4.78 is 166. The lowest BCUT2D eigenvalue weighted by Gasteiger charge is -2.31. The first kappa shape index (κ1) is 34.5. The van der Waals surface area contributed by atoms with Crippen LogP contribution in [0.5, 0.6) is 0 Å². The number of carbonyl (C=O) groups is 1. The van der Waals surface area contributed by atoms with Crippen molar-refractivity contribution in [2.45, 2.75) is 29.0 Å². The van der Waals surface area contributed by atoms with Gasteiger partial charge in [-0.3, -0.25) is 0 Å². The second-order valence-corrected chi connectivity index (χ2v) is 10.5. The lowest BCUT2D eigenvalue weighted by Crippen LogP contribution is -2.48. The molecule has 0 rings (SSSR count). The van der Waals surface area contributed by atoms with E-state index in [4.69, 9.17) is 0 Å². The molecule has 9 nitrogen and oxygen atoms in total. The van der Waals surface area contributed by atoms with Gasteiger partial charge in [0.1, 0.15) is 19.3 Å². The molecule has 0 aromatic carbocycles. The van der Waals surface area contributed by atoms with Crippen LogP contribution in [0.3, 0.4) is 0 Å². The predicted octanol–water partition coefficient (Wildman–Crippen LogP) is 2.11. The lowest BCUT2D eigenvalue weighted by atomic mass is 10.3. The minimum atomic E-state index is -7.62. The smallest absolute Gasteiger partial charge is 0.460 e. The van der Waals surface area contributed by atoms with Gasteiger partial charge in [0, 0.05) is 6.08 Å². The summed E-state index contributed by atoms with van der Waals surface area (Å²) in [6.45, 7) is 3.83. The fourth-order valence-electron chi connectivity index (χ4n) is 1.44. The maximum absolute atomic E-state index is 12.3. The molecule has 0 spiro atoms. The number of esters is 1. The highest BCUT2D eigenvalue weighted by Gasteiger charge is 2.68. The first-order chi connectivity index (χ1) is 14.6. The molecular formula is C13H18F10N2O7S2. The Labute approximate surface area is 186 Å². The van der Waals surface area contributed by atoms with Crippen LogP contribution < -0.4 is 0 Å². The number of carbonyl (C=O) groups excluding carboxylic acids is 1. The standard InChI is InChI=1S/C9H18NO3.C4F10NO4S2/c1-5-9(12)13-7-8(11)6-10(2,3)4;5-1(6,7)3(11,12)20(16,17)15-21(18,19)4(13,14)2(8,9)10/h5,8,11H,1,6-7H2,2-4H3;/q+1;-1. The highest BCUT2D eigenvalue weighted by Crippen LogP contribution is 2.47. The number of nitrogens with zero attached hydrogens (tertiary/aromatic N) is 2. The van der Waals surface area contributed by atoms with Gasteiger partial charge in [-0.2, -0.15) is 43.9 Å². The zero-order valence-electron chi connectivity index (χ0n) is 17.2. The zero-order chi connectivity index (χ0) is 28.2. The van der Waals surface area contributed by atoms with Crippen LogP contribution in [0.25, 0.3) is 4.13 Å². The Kier molecular flexibility index (Phi) is 11.1. The number of hydrogen-bond acceptors (Lipinski definition) is 7. The summed E-state index contributed by atoms with van der Waals surface area (Å²) in [5.74, 6) is -0.500. The van der Waals surface area contributed by atoms with Gasteiger partial charge in [-0.1, -0.05) is 6.58 Å². The van der Waals surface area contributed by atoms with Crippen molar-refractivity contribution in [1.82, 2.24) is 0 Å². The molecule has 0 saturated carbocycles. The third kappa shape index (κ3) is 9.50. The number of likely N-dealkylation sites (N-methyl/N-ethyl adjacent to an activating group) is 1. The van der Waals surface area contributed by atoms with Gasteiger partial charge in [0.25, 0.3) is 0 Å². The van der Waals surface area contributed by atoms with Gasteiger partial charge in [-0.25, -0.2) is 21.6 Å². The van der Waals surface area contributed by atoms with Crippen molar-refractivity contribution in [3.8, 4) is 0 Å². The molecule has 0 aromatic heterocycles. The van der Waals surface area contributed by atoms with Crippen molar-refractivity contribution in [2.24, 2.45) is 0 Å². The average Bonchev–Trinajstić information content (AvgIpc) is 2.55. The fourth-order valence-corrected chi connectivity index (χ4v) is 3.80. The largest absolute Gasteiger partial charge is 0.467 e. The van der Waals surface area contributed by atoms with E-state index in [0.717, 1.165) is 6.08 Å². The third-order valence-electron chi connectivity index (χ3n) is 2.85. The van der Waals surface area contributed by atoms with E-state index in [1.807, 2.05) is 21.1 Å². The monoisotopic (exact) mass is 568 g/mol. The molecule has 0 aliphatic heterocycles. The summed E-state index contributed by atoms with van der Waals surface area (Å²) in [6.07, 6.45) is -13.5. The summed E-state index contributed by atoms with van der Waals surface area (Å²) in [5.41, 5.74) is 0. The molecule has 0 amide bonds. The predicted molar refractivity (Wildman–Crippen MR) is 93.3 cm³/mol. The second kappa shape index (κ2) is 10.9. The van der Waals surface area contributed by atoms with E-state index < -0.39 is 55.0 Å². The van der Waals surface area contributed by atoms with E-state index in [1.165, 1.54) is 0 Å². The van der Waals surface area contributed by atoms with Crippen LogP contribution in [0.1, 0.15) is 0 Å². The Morgan fingerprint density at radius 3 is 1.47 bits per heavy atom. The molecule has 0 radical (unpaired) electrons. The van der Waals surface area contributed by atoms with Crippen molar-refractivity contribution in [2.75, 3.05) is 34.3 Å². The first-order valence-corrected chi connectivity index (χ1v) is 10.8. The summed E-state index contributed by atoms with van der Waals surface area (Å²) in [7, 11) is -9.37. The van der Waals surface area contributed by atoms with Gasteiger partial charge < -0.3 is 18.5 Å². The zero-order valence-corrected chi connectivity index (χ0v) is 18.8. The van der Waals surface area contributed by atoms with Gasteiger partial charge in [0.2, 0.25) is 0 Å². The van der Waals surface area contributed by atoms with Crippen LogP contribution >= 0.6 is 0 Å². The minimum Gasteiger partial charge on any atom is -0.460 e. The number of aliphatic hydroxyl groups excluding tert-OH is 1. The minimum absolute atomic E-state index is 0.0281. The van der Waals surface area contributed by atoms with Gasteiger partial charge in [-0.05, 0) is 0 Å². The number of ether oxygens (including phenoxy) is 1. The van der Waals surface area contributed by atoms with E-state index in [-0.39, 0.29) is 6.61 Å². The molecule has 0 saturated heterocycles.